The van der Waals surface area contributed by atoms with Crippen molar-refractivity contribution in [1.29, 1.82) is 0 Å². The molecular weight excluding hydrogens is 457 g/mol. The molecule has 140 valence electrons. The summed E-state index contributed by atoms with van der Waals surface area (Å²) in [5, 5.41) is 0. The smallest absolute Gasteiger partial charge is 0.211 e. The lowest BCUT2D eigenvalue weighted by Gasteiger charge is -2.49. The molecule has 0 aromatic rings. The van der Waals surface area contributed by atoms with E-state index in [1.807, 2.05) is 0 Å². The molecule has 1 saturated heterocycles. The molecule has 0 spiro atoms. The van der Waals surface area contributed by atoms with Gasteiger partial charge in [0.1, 0.15) is 6.82 Å². The Hall–Kier alpha value is -0.380. The molecule has 8 nitrogen and oxygen atoms in total. The fraction of sp³-hybridized carbons (Fsp3) is 0.667. The largest absolute Gasteiger partial charge is 0.235 e. The van der Waals surface area contributed by atoms with Crippen LogP contribution in [0.2, 0.25) is 0 Å². The first-order valence-electron chi connectivity index (χ1n) is 6.68. The van der Waals surface area contributed by atoms with Gasteiger partial charge in [0.15, 0.2) is 0 Å². The zero-order valence-electron chi connectivity index (χ0n) is 13.1. The van der Waals surface area contributed by atoms with Gasteiger partial charge >= 0.3 is 0 Å². The van der Waals surface area contributed by atoms with Gasteiger partial charge in [-0.25, -0.2) is 19.2 Å². The number of isocyanates is 4. The molecule has 0 bridgehead atoms. The summed E-state index contributed by atoms with van der Waals surface area (Å²) in [6.45, 7) is 0. The van der Waals surface area contributed by atoms with E-state index in [2.05, 4.69) is 20.0 Å². The predicted octanol–water partition coefficient (Wildman–Crippen LogP) is 2.88. The zero-order chi connectivity index (χ0) is 19.1. The molecule has 0 N–H and O–H groups in total. The van der Waals surface area contributed by atoms with Gasteiger partial charge in [0.05, 0.1) is 23.5 Å². The van der Waals surface area contributed by atoms with E-state index < -0.39 is 6.82 Å². The van der Waals surface area contributed by atoms with Gasteiger partial charge in [-0.05, 0) is 0 Å². The number of carbonyl (C=O) groups excluding carboxylic acids is 4. The Morgan fingerprint density at radius 1 is 0.615 bits per heavy atom. The van der Waals surface area contributed by atoms with Crippen LogP contribution in [0.1, 0.15) is 0 Å². The molecular formula is C12H12N4O4S6. The minimum atomic E-state index is -0.594. The highest BCUT2D eigenvalue weighted by Gasteiger charge is 2.56. The molecule has 0 radical (unpaired) electrons. The van der Waals surface area contributed by atoms with Gasteiger partial charge in [0.2, 0.25) is 24.3 Å². The van der Waals surface area contributed by atoms with E-state index in [1.165, 1.54) is 71.4 Å². The van der Waals surface area contributed by atoms with E-state index in [0.29, 0.717) is 0 Å². The Balaban J connectivity index is 3.24. The summed E-state index contributed by atoms with van der Waals surface area (Å²) < 4.78 is -1.19. The van der Waals surface area contributed by atoms with Crippen LogP contribution in [-0.2, 0) is 19.2 Å². The molecule has 0 atom stereocenters. The maximum atomic E-state index is 10.5. The van der Waals surface area contributed by atoms with Crippen molar-refractivity contribution in [3.63, 3.8) is 0 Å². The second kappa shape index (κ2) is 13.7. The Bertz CT molecular complexity index is 554. The Morgan fingerprint density at radius 2 is 0.885 bits per heavy atom. The van der Waals surface area contributed by atoms with Crippen molar-refractivity contribution < 1.29 is 19.2 Å². The van der Waals surface area contributed by atoms with E-state index in [-0.39, 0.29) is 23.5 Å². The molecule has 0 unspecified atom stereocenters. The van der Waals surface area contributed by atoms with Crippen LogP contribution in [0.3, 0.4) is 0 Å². The van der Waals surface area contributed by atoms with E-state index in [4.69, 9.17) is 0 Å². The van der Waals surface area contributed by atoms with Crippen molar-refractivity contribution in [2.45, 2.75) is 6.82 Å². The van der Waals surface area contributed by atoms with Gasteiger partial charge in [0, 0.05) is 11.5 Å². The fourth-order valence-electron chi connectivity index (χ4n) is 1.71. The second-order valence-corrected chi connectivity index (χ2v) is 12.7. The van der Waals surface area contributed by atoms with Crippen molar-refractivity contribution in [3.05, 3.63) is 0 Å². The van der Waals surface area contributed by atoms with E-state index in [0.717, 1.165) is 11.5 Å². The SMILES string of the molecule is O=C=NCSC1(SCN=C=O)SCCSC1(SCN=C=O)SCN=C=O. The first-order chi connectivity index (χ1) is 12.7. The average Bonchev–Trinajstić information content (AvgIpc) is 2.65. The fourth-order valence-corrected chi connectivity index (χ4v) is 12.6. The average molecular weight is 469 g/mol. The van der Waals surface area contributed by atoms with Crippen molar-refractivity contribution in [2.24, 2.45) is 20.0 Å². The van der Waals surface area contributed by atoms with Crippen molar-refractivity contribution in [1.82, 2.24) is 0 Å². The third-order valence-corrected chi connectivity index (χ3v) is 14.2. The quantitative estimate of drug-likeness (QED) is 0.240. The van der Waals surface area contributed by atoms with Crippen molar-refractivity contribution >= 4 is 94.9 Å². The number of hydrogen-bond acceptors (Lipinski definition) is 14. The number of thioether (sulfide) groups is 6. The lowest BCUT2D eigenvalue weighted by atomic mass is 10.8. The summed E-state index contributed by atoms with van der Waals surface area (Å²) in [4.78, 5) is 56.4. The molecule has 1 aliphatic rings. The molecule has 0 aromatic carbocycles. The van der Waals surface area contributed by atoms with Gasteiger partial charge in [-0.3, -0.25) is 0 Å². The molecule has 26 heavy (non-hydrogen) atoms. The first-order valence-corrected chi connectivity index (χ1v) is 12.6. The molecule has 0 aliphatic carbocycles. The second-order valence-electron chi connectivity index (χ2n) is 3.90. The van der Waals surface area contributed by atoms with Crippen LogP contribution >= 0.6 is 70.6 Å². The maximum absolute atomic E-state index is 10.5. The summed E-state index contributed by atoms with van der Waals surface area (Å²) in [6, 6.07) is 0. The van der Waals surface area contributed by atoms with Crippen molar-refractivity contribution in [2.75, 3.05) is 35.0 Å². The highest BCUT2D eigenvalue weighted by atomic mass is 32.3. The minimum Gasteiger partial charge on any atom is -0.211 e. The van der Waals surface area contributed by atoms with Crippen molar-refractivity contribution in [3.8, 4) is 0 Å². The van der Waals surface area contributed by atoms with Gasteiger partial charge in [-0.15, -0.1) is 70.6 Å². The Labute approximate surface area is 175 Å². The molecule has 1 heterocycles. The number of aliphatic imine (C=N–C) groups is 4. The van der Waals surface area contributed by atoms with E-state index in [1.54, 1.807) is 23.5 Å². The van der Waals surface area contributed by atoms with E-state index >= 15 is 0 Å². The Morgan fingerprint density at radius 3 is 1.12 bits per heavy atom. The molecule has 0 aromatic heterocycles. The van der Waals surface area contributed by atoms with Crippen LogP contribution in [0.25, 0.3) is 0 Å². The van der Waals surface area contributed by atoms with Gasteiger partial charge < -0.3 is 0 Å². The monoisotopic (exact) mass is 468 g/mol. The third kappa shape index (κ3) is 6.98. The topological polar surface area (TPSA) is 118 Å². The third-order valence-electron chi connectivity index (χ3n) is 2.58. The van der Waals surface area contributed by atoms with Crippen LogP contribution in [0.15, 0.2) is 20.0 Å². The highest BCUT2D eigenvalue weighted by Crippen LogP contribution is 2.69. The Kier molecular flexibility index (Phi) is 12.5. The standard InChI is InChI=1S/C12H12N4O4S6/c17-3-13-7-23-11(24-8-14-4-18)12(22-2-1-21-11,25-9-15-5-19)26-10-16-6-20/h1-2,7-10H2. The summed E-state index contributed by atoms with van der Waals surface area (Å²) >= 11 is 8.90. The molecule has 0 saturated carbocycles. The summed E-state index contributed by atoms with van der Waals surface area (Å²) in [5.74, 6) is 2.35. The highest BCUT2D eigenvalue weighted by molar-refractivity contribution is 8.43. The van der Waals surface area contributed by atoms with Crippen LogP contribution in [0, 0.1) is 0 Å². The lowest BCUT2D eigenvalue weighted by Crippen LogP contribution is -2.43. The zero-order valence-corrected chi connectivity index (χ0v) is 18.0. The van der Waals surface area contributed by atoms with Crippen LogP contribution < -0.4 is 0 Å². The van der Waals surface area contributed by atoms with E-state index in [9.17, 15) is 19.2 Å². The van der Waals surface area contributed by atoms with Gasteiger partial charge in [-0.1, -0.05) is 0 Å². The lowest BCUT2D eigenvalue weighted by molar-refractivity contribution is 0.563. The van der Waals surface area contributed by atoms with Gasteiger partial charge in [-0.2, -0.15) is 20.0 Å². The minimum absolute atomic E-state index is 0.172. The van der Waals surface area contributed by atoms with Crippen LogP contribution in [-0.4, -0.2) is 66.2 Å². The molecule has 1 aliphatic heterocycles. The molecule has 0 amide bonds. The number of rotatable bonds is 12. The number of nitrogens with zero attached hydrogens (tertiary/aromatic N) is 4. The molecule has 1 rings (SSSR count). The predicted molar refractivity (Wildman–Crippen MR) is 113 cm³/mol. The maximum Gasteiger partial charge on any atom is 0.235 e. The van der Waals surface area contributed by atoms with Crippen LogP contribution in [0.4, 0.5) is 0 Å². The number of hydrogen-bond donors (Lipinski definition) is 0. The summed E-state index contributed by atoms with van der Waals surface area (Å²) in [6.07, 6.45) is 6.05. The first kappa shape index (κ1) is 23.7. The molecule has 14 heteroatoms. The van der Waals surface area contributed by atoms with Crippen LogP contribution in [0.5, 0.6) is 0 Å². The summed E-state index contributed by atoms with van der Waals surface area (Å²) in [7, 11) is 0. The summed E-state index contributed by atoms with van der Waals surface area (Å²) in [5.41, 5.74) is 0. The normalized spacial score (nSPS) is 24.3. The van der Waals surface area contributed by atoms with Gasteiger partial charge in [0.25, 0.3) is 0 Å². The molecule has 1 fully saturated rings.